The number of hydrogen-bond acceptors (Lipinski definition) is 3. The van der Waals surface area contributed by atoms with Crippen molar-refractivity contribution in [3.63, 3.8) is 0 Å². The van der Waals surface area contributed by atoms with E-state index in [-0.39, 0.29) is 12.5 Å². The molecule has 3 aromatic rings. The SMILES string of the molecule is O=C(COc1ccccc1)NN=Cc1cccc2ccccc12. The van der Waals surface area contributed by atoms with E-state index >= 15 is 0 Å². The quantitative estimate of drug-likeness (QED) is 0.580. The molecule has 0 radical (unpaired) electrons. The lowest BCUT2D eigenvalue weighted by molar-refractivity contribution is -0.123. The van der Waals surface area contributed by atoms with Crippen molar-refractivity contribution in [3.05, 3.63) is 78.4 Å². The van der Waals surface area contributed by atoms with Gasteiger partial charge < -0.3 is 4.74 Å². The van der Waals surface area contributed by atoms with Crippen molar-refractivity contribution < 1.29 is 9.53 Å². The standard InChI is InChI=1S/C19H16N2O2/c22-19(14-23-17-10-2-1-3-11-17)21-20-13-16-9-6-8-15-7-4-5-12-18(15)16/h1-13H,14H2,(H,21,22). The highest BCUT2D eigenvalue weighted by Crippen LogP contribution is 2.16. The van der Waals surface area contributed by atoms with Crippen LogP contribution in [-0.4, -0.2) is 18.7 Å². The number of hydrogen-bond donors (Lipinski definition) is 1. The van der Waals surface area contributed by atoms with Crippen LogP contribution in [0.25, 0.3) is 10.8 Å². The summed E-state index contributed by atoms with van der Waals surface area (Å²) in [5.41, 5.74) is 3.42. The predicted molar refractivity (Wildman–Crippen MR) is 91.6 cm³/mol. The van der Waals surface area contributed by atoms with Gasteiger partial charge in [-0.15, -0.1) is 0 Å². The number of nitrogens with zero attached hydrogens (tertiary/aromatic N) is 1. The van der Waals surface area contributed by atoms with Crippen LogP contribution in [0.5, 0.6) is 5.75 Å². The molecule has 0 spiro atoms. The number of para-hydroxylation sites is 1. The van der Waals surface area contributed by atoms with E-state index < -0.39 is 0 Å². The lowest BCUT2D eigenvalue weighted by Gasteiger charge is -2.04. The molecule has 0 aliphatic rings. The van der Waals surface area contributed by atoms with Gasteiger partial charge in [-0.1, -0.05) is 60.7 Å². The molecule has 0 heterocycles. The highest BCUT2D eigenvalue weighted by atomic mass is 16.5. The molecule has 0 saturated heterocycles. The Hall–Kier alpha value is -3.14. The lowest BCUT2D eigenvalue weighted by Crippen LogP contribution is -2.24. The highest BCUT2D eigenvalue weighted by Gasteiger charge is 2.01. The first-order valence-electron chi connectivity index (χ1n) is 7.30. The third-order valence-corrected chi connectivity index (χ3v) is 3.33. The van der Waals surface area contributed by atoms with Crippen molar-refractivity contribution in [1.82, 2.24) is 5.43 Å². The van der Waals surface area contributed by atoms with Crippen molar-refractivity contribution in [2.45, 2.75) is 0 Å². The zero-order chi connectivity index (χ0) is 15.9. The molecule has 0 bridgehead atoms. The summed E-state index contributed by atoms with van der Waals surface area (Å²) in [6, 6.07) is 23.2. The first-order chi connectivity index (χ1) is 11.3. The maximum atomic E-state index is 11.7. The molecule has 3 rings (SSSR count). The van der Waals surface area contributed by atoms with Gasteiger partial charge in [-0.25, -0.2) is 5.43 Å². The topological polar surface area (TPSA) is 50.7 Å². The van der Waals surface area contributed by atoms with Crippen LogP contribution in [0.3, 0.4) is 0 Å². The second kappa shape index (κ2) is 7.22. The van der Waals surface area contributed by atoms with Gasteiger partial charge in [0.15, 0.2) is 6.61 Å². The molecule has 0 saturated carbocycles. The van der Waals surface area contributed by atoms with E-state index in [1.54, 1.807) is 18.3 Å². The van der Waals surface area contributed by atoms with Crippen LogP contribution in [0, 0.1) is 0 Å². The van der Waals surface area contributed by atoms with Crippen LogP contribution in [0.4, 0.5) is 0 Å². The number of amides is 1. The zero-order valence-electron chi connectivity index (χ0n) is 12.5. The monoisotopic (exact) mass is 304 g/mol. The maximum Gasteiger partial charge on any atom is 0.277 e. The summed E-state index contributed by atoms with van der Waals surface area (Å²) in [5, 5.41) is 6.23. The van der Waals surface area contributed by atoms with Crippen molar-refractivity contribution in [2.75, 3.05) is 6.61 Å². The van der Waals surface area contributed by atoms with Gasteiger partial charge in [-0.3, -0.25) is 4.79 Å². The smallest absolute Gasteiger partial charge is 0.277 e. The van der Waals surface area contributed by atoms with E-state index in [9.17, 15) is 4.79 Å². The summed E-state index contributed by atoms with van der Waals surface area (Å²) < 4.78 is 5.35. The first kappa shape index (κ1) is 14.8. The van der Waals surface area contributed by atoms with Gasteiger partial charge in [-0.05, 0) is 22.9 Å². The normalized spacial score (nSPS) is 10.8. The van der Waals surface area contributed by atoms with Gasteiger partial charge >= 0.3 is 0 Å². The highest BCUT2D eigenvalue weighted by molar-refractivity contribution is 5.99. The van der Waals surface area contributed by atoms with Gasteiger partial charge in [0, 0.05) is 5.56 Å². The molecular weight excluding hydrogens is 288 g/mol. The summed E-state index contributed by atoms with van der Waals surface area (Å²) >= 11 is 0. The molecule has 0 aliphatic carbocycles. The van der Waals surface area contributed by atoms with Gasteiger partial charge in [0.2, 0.25) is 0 Å². The fraction of sp³-hybridized carbons (Fsp3) is 0.0526. The molecule has 0 aromatic heterocycles. The van der Waals surface area contributed by atoms with Gasteiger partial charge in [-0.2, -0.15) is 5.10 Å². The Labute approximate surface area is 134 Å². The molecule has 1 N–H and O–H groups in total. The van der Waals surface area contributed by atoms with Crippen LogP contribution in [0.2, 0.25) is 0 Å². The Kier molecular flexibility index (Phi) is 4.64. The molecule has 0 aliphatic heterocycles. The third-order valence-electron chi connectivity index (χ3n) is 3.33. The van der Waals surface area contributed by atoms with Crippen molar-refractivity contribution in [3.8, 4) is 5.75 Å². The first-order valence-corrected chi connectivity index (χ1v) is 7.30. The third kappa shape index (κ3) is 3.95. The molecule has 1 amide bonds. The second-order valence-corrected chi connectivity index (χ2v) is 4.96. The minimum absolute atomic E-state index is 0.0725. The lowest BCUT2D eigenvalue weighted by atomic mass is 10.1. The maximum absolute atomic E-state index is 11.7. The summed E-state index contributed by atoms with van der Waals surface area (Å²) in [4.78, 5) is 11.7. The Balaban J connectivity index is 1.59. The van der Waals surface area contributed by atoms with E-state index in [2.05, 4.69) is 10.5 Å². The largest absolute Gasteiger partial charge is 0.484 e. The zero-order valence-corrected chi connectivity index (χ0v) is 12.5. The molecule has 114 valence electrons. The summed E-state index contributed by atoms with van der Waals surface area (Å²) in [5.74, 6) is 0.353. The van der Waals surface area contributed by atoms with Crippen molar-refractivity contribution >= 4 is 22.9 Å². The number of rotatable bonds is 5. The Morgan fingerprint density at radius 1 is 0.957 bits per heavy atom. The van der Waals surface area contributed by atoms with Gasteiger partial charge in [0.05, 0.1) is 6.21 Å². The fourth-order valence-corrected chi connectivity index (χ4v) is 2.23. The number of carbonyl (C=O) groups is 1. The number of carbonyl (C=O) groups excluding carboxylic acids is 1. The average molecular weight is 304 g/mol. The number of hydrazone groups is 1. The van der Waals surface area contributed by atoms with Crippen molar-refractivity contribution in [2.24, 2.45) is 5.10 Å². The summed E-state index contributed by atoms with van der Waals surface area (Å²) in [6.07, 6.45) is 1.64. The van der Waals surface area contributed by atoms with Crippen molar-refractivity contribution in [1.29, 1.82) is 0 Å². The summed E-state index contributed by atoms with van der Waals surface area (Å²) in [6.45, 7) is -0.0725. The van der Waals surface area contributed by atoms with Crippen LogP contribution in [-0.2, 0) is 4.79 Å². The number of benzene rings is 3. The molecule has 4 nitrogen and oxygen atoms in total. The number of nitrogens with one attached hydrogen (secondary N) is 1. The Morgan fingerprint density at radius 2 is 1.70 bits per heavy atom. The molecule has 0 fully saturated rings. The molecule has 3 aromatic carbocycles. The van der Waals surface area contributed by atoms with Gasteiger partial charge in [0.25, 0.3) is 5.91 Å². The van der Waals surface area contributed by atoms with Crippen LogP contribution < -0.4 is 10.2 Å². The second-order valence-electron chi connectivity index (χ2n) is 4.96. The minimum Gasteiger partial charge on any atom is -0.484 e. The molecule has 0 unspecified atom stereocenters. The Morgan fingerprint density at radius 3 is 2.57 bits per heavy atom. The average Bonchev–Trinajstić information content (AvgIpc) is 2.61. The number of fused-ring (bicyclic) bond motifs is 1. The van der Waals surface area contributed by atoms with E-state index in [4.69, 9.17) is 4.74 Å². The molecule has 4 heteroatoms. The minimum atomic E-state index is -0.301. The van der Waals surface area contributed by atoms with Crippen LogP contribution >= 0.6 is 0 Å². The molecule has 0 atom stereocenters. The fourth-order valence-electron chi connectivity index (χ4n) is 2.23. The van der Waals surface area contributed by atoms with Crippen LogP contribution in [0.15, 0.2) is 77.9 Å². The predicted octanol–water partition coefficient (Wildman–Crippen LogP) is 3.37. The molecular formula is C19H16N2O2. The van der Waals surface area contributed by atoms with E-state index in [1.165, 1.54) is 0 Å². The van der Waals surface area contributed by atoms with Crippen LogP contribution in [0.1, 0.15) is 5.56 Å². The van der Waals surface area contributed by atoms with E-state index in [0.717, 1.165) is 16.3 Å². The van der Waals surface area contributed by atoms with E-state index in [0.29, 0.717) is 5.75 Å². The number of ether oxygens (including phenoxy) is 1. The Bertz CT molecular complexity index is 824. The van der Waals surface area contributed by atoms with Gasteiger partial charge in [0.1, 0.15) is 5.75 Å². The van der Waals surface area contributed by atoms with E-state index in [1.807, 2.05) is 60.7 Å². The molecule has 23 heavy (non-hydrogen) atoms. The summed E-state index contributed by atoms with van der Waals surface area (Å²) in [7, 11) is 0.